The van der Waals surface area contributed by atoms with Crippen LogP contribution in [0, 0.1) is 0 Å². The van der Waals surface area contributed by atoms with Crippen LogP contribution in [0.15, 0.2) is 59.1 Å². The summed E-state index contributed by atoms with van der Waals surface area (Å²) in [4.78, 5) is 10.9. The molecule has 3 nitrogen and oxygen atoms in total. The van der Waals surface area contributed by atoms with Crippen molar-refractivity contribution in [3.05, 3.63) is 70.2 Å². The molecule has 0 aromatic heterocycles. The summed E-state index contributed by atoms with van der Waals surface area (Å²) < 4.78 is 11.9. The van der Waals surface area contributed by atoms with Gasteiger partial charge in [0, 0.05) is 5.56 Å². The van der Waals surface area contributed by atoms with Crippen LogP contribution in [0.3, 0.4) is 0 Å². The summed E-state index contributed by atoms with van der Waals surface area (Å²) in [6, 6.07) is 17.8. The third-order valence-electron chi connectivity index (χ3n) is 3.58. The average molecular weight is 371 g/mol. The van der Waals surface area contributed by atoms with Crippen LogP contribution in [0.2, 0.25) is 0 Å². The molecular weight excluding hydrogens is 356 g/mol. The molecule has 4 heteroatoms. The van der Waals surface area contributed by atoms with Gasteiger partial charge in [0.15, 0.2) is 11.5 Å². The van der Waals surface area contributed by atoms with E-state index in [1.54, 1.807) is 19.2 Å². The van der Waals surface area contributed by atoms with Crippen LogP contribution in [-0.2, 0) is 6.61 Å². The van der Waals surface area contributed by atoms with Gasteiger partial charge in [0.25, 0.3) is 0 Å². The second-order valence-electron chi connectivity index (χ2n) is 5.12. The minimum Gasteiger partial charge on any atom is -0.493 e. The Labute approximate surface area is 143 Å². The highest BCUT2D eigenvalue weighted by molar-refractivity contribution is 9.10. The highest BCUT2D eigenvalue weighted by Crippen LogP contribution is 2.36. The van der Waals surface area contributed by atoms with Gasteiger partial charge in [-0.1, -0.05) is 36.4 Å². The molecule has 0 aliphatic heterocycles. The summed E-state index contributed by atoms with van der Waals surface area (Å²) in [6.07, 6.45) is 0.778. The van der Waals surface area contributed by atoms with Gasteiger partial charge in [-0.25, -0.2) is 0 Å². The van der Waals surface area contributed by atoms with Crippen molar-refractivity contribution in [2.75, 3.05) is 7.11 Å². The number of methoxy groups -OCH3 is 1. The van der Waals surface area contributed by atoms with Crippen molar-refractivity contribution in [2.45, 2.75) is 6.61 Å². The SMILES string of the molecule is COc1cc(C=O)cc(Br)c1OCc1ccc2ccccc2c1. The molecule has 3 aromatic rings. The molecule has 0 saturated heterocycles. The smallest absolute Gasteiger partial charge is 0.175 e. The highest BCUT2D eigenvalue weighted by Gasteiger charge is 2.12. The van der Waals surface area contributed by atoms with E-state index in [-0.39, 0.29) is 0 Å². The van der Waals surface area contributed by atoms with Crippen LogP contribution in [0.25, 0.3) is 10.8 Å². The van der Waals surface area contributed by atoms with Crippen molar-refractivity contribution in [3.8, 4) is 11.5 Å². The third-order valence-corrected chi connectivity index (χ3v) is 4.17. The Bertz CT molecular complexity index is 858. The van der Waals surface area contributed by atoms with Crippen molar-refractivity contribution in [2.24, 2.45) is 0 Å². The zero-order valence-electron chi connectivity index (χ0n) is 12.6. The molecule has 23 heavy (non-hydrogen) atoms. The molecular formula is C19H15BrO3. The van der Waals surface area contributed by atoms with E-state index in [0.717, 1.165) is 11.8 Å². The average Bonchev–Trinajstić information content (AvgIpc) is 2.59. The van der Waals surface area contributed by atoms with Gasteiger partial charge in [0.1, 0.15) is 12.9 Å². The standard InChI is InChI=1S/C19H15BrO3/c1-22-18-10-14(11-21)9-17(20)19(18)23-12-13-6-7-15-4-2-3-5-16(15)8-13/h2-11H,12H2,1H3. The van der Waals surface area contributed by atoms with Crippen LogP contribution < -0.4 is 9.47 Å². The predicted molar refractivity (Wildman–Crippen MR) is 94.4 cm³/mol. The van der Waals surface area contributed by atoms with Crippen LogP contribution in [0.1, 0.15) is 15.9 Å². The topological polar surface area (TPSA) is 35.5 Å². The normalized spacial score (nSPS) is 10.5. The first-order valence-electron chi connectivity index (χ1n) is 7.14. The maximum absolute atomic E-state index is 10.9. The molecule has 0 amide bonds. The number of carbonyl (C=O) groups excluding carboxylic acids is 1. The van der Waals surface area contributed by atoms with Crippen LogP contribution in [-0.4, -0.2) is 13.4 Å². The Hall–Kier alpha value is -2.33. The highest BCUT2D eigenvalue weighted by atomic mass is 79.9. The van der Waals surface area contributed by atoms with E-state index in [2.05, 4.69) is 40.2 Å². The van der Waals surface area contributed by atoms with Gasteiger partial charge in [-0.15, -0.1) is 0 Å². The number of rotatable bonds is 5. The second-order valence-corrected chi connectivity index (χ2v) is 5.98. The van der Waals surface area contributed by atoms with Gasteiger partial charge in [-0.2, -0.15) is 0 Å². The lowest BCUT2D eigenvalue weighted by Gasteiger charge is -2.13. The van der Waals surface area contributed by atoms with Crippen molar-refractivity contribution in [1.29, 1.82) is 0 Å². The first-order valence-corrected chi connectivity index (χ1v) is 7.94. The van der Waals surface area contributed by atoms with E-state index in [1.165, 1.54) is 10.8 Å². The molecule has 0 bridgehead atoms. The van der Waals surface area contributed by atoms with Gasteiger partial charge < -0.3 is 9.47 Å². The largest absolute Gasteiger partial charge is 0.493 e. The van der Waals surface area contributed by atoms with Gasteiger partial charge in [0.05, 0.1) is 11.6 Å². The molecule has 0 fully saturated rings. The molecule has 0 atom stereocenters. The Kier molecular flexibility index (Phi) is 4.63. The molecule has 3 aromatic carbocycles. The van der Waals surface area contributed by atoms with E-state index < -0.39 is 0 Å². The zero-order chi connectivity index (χ0) is 16.2. The molecule has 3 rings (SSSR count). The predicted octanol–water partition coefficient (Wildman–Crippen LogP) is 5.00. The molecule has 116 valence electrons. The number of hydrogen-bond acceptors (Lipinski definition) is 3. The molecule has 0 aliphatic rings. The van der Waals surface area contributed by atoms with Gasteiger partial charge in [-0.05, 0) is 50.5 Å². The summed E-state index contributed by atoms with van der Waals surface area (Å²) in [5, 5.41) is 2.38. The monoisotopic (exact) mass is 370 g/mol. The van der Waals surface area contributed by atoms with Crippen molar-refractivity contribution < 1.29 is 14.3 Å². The number of aldehydes is 1. The number of ether oxygens (including phenoxy) is 2. The van der Waals surface area contributed by atoms with Crippen LogP contribution in [0.5, 0.6) is 11.5 Å². The number of benzene rings is 3. The molecule has 0 unspecified atom stereocenters. The van der Waals surface area contributed by atoms with Gasteiger partial charge >= 0.3 is 0 Å². The molecule has 0 saturated carbocycles. The Morgan fingerprint density at radius 3 is 2.57 bits per heavy atom. The molecule has 0 spiro atoms. The fourth-order valence-corrected chi connectivity index (χ4v) is 3.01. The summed E-state index contributed by atoms with van der Waals surface area (Å²) in [6.45, 7) is 0.417. The lowest BCUT2D eigenvalue weighted by atomic mass is 10.1. The Morgan fingerprint density at radius 2 is 1.83 bits per heavy atom. The molecule has 0 aliphatic carbocycles. The quantitative estimate of drug-likeness (QED) is 0.592. The minimum atomic E-state index is 0.417. The lowest BCUT2D eigenvalue weighted by Crippen LogP contribution is -1.99. The first kappa shape index (κ1) is 15.6. The van der Waals surface area contributed by atoms with E-state index >= 15 is 0 Å². The number of fused-ring (bicyclic) bond motifs is 1. The van der Waals surface area contributed by atoms with E-state index in [9.17, 15) is 4.79 Å². The maximum Gasteiger partial charge on any atom is 0.175 e. The zero-order valence-corrected chi connectivity index (χ0v) is 14.2. The number of hydrogen-bond donors (Lipinski definition) is 0. The summed E-state index contributed by atoms with van der Waals surface area (Å²) in [7, 11) is 1.55. The Morgan fingerprint density at radius 1 is 1.04 bits per heavy atom. The van der Waals surface area contributed by atoms with Gasteiger partial charge in [0.2, 0.25) is 0 Å². The van der Waals surface area contributed by atoms with Crippen LogP contribution in [0.4, 0.5) is 0 Å². The minimum absolute atomic E-state index is 0.417. The summed E-state index contributed by atoms with van der Waals surface area (Å²) in [5.74, 6) is 1.12. The van der Waals surface area contributed by atoms with Crippen molar-refractivity contribution >= 4 is 33.0 Å². The second kappa shape index (κ2) is 6.84. The summed E-state index contributed by atoms with van der Waals surface area (Å²) >= 11 is 3.43. The number of carbonyl (C=O) groups is 1. The number of halogens is 1. The summed E-state index contributed by atoms with van der Waals surface area (Å²) in [5.41, 5.74) is 1.60. The lowest BCUT2D eigenvalue weighted by molar-refractivity contribution is 0.112. The molecule has 0 N–H and O–H groups in total. The Balaban J connectivity index is 1.85. The third kappa shape index (κ3) is 3.37. The fourth-order valence-electron chi connectivity index (χ4n) is 2.43. The van der Waals surface area contributed by atoms with E-state index in [4.69, 9.17) is 9.47 Å². The molecule has 0 heterocycles. The van der Waals surface area contributed by atoms with Crippen molar-refractivity contribution in [3.63, 3.8) is 0 Å². The van der Waals surface area contributed by atoms with Gasteiger partial charge in [-0.3, -0.25) is 4.79 Å². The fraction of sp³-hybridized carbons (Fsp3) is 0.105. The first-order chi connectivity index (χ1) is 11.2. The van der Waals surface area contributed by atoms with E-state index in [1.807, 2.05) is 18.2 Å². The van der Waals surface area contributed by atoms with Crippen molar-refractivity contribution in [1.82, 2.24) is 0 Å². The maximum atomic E-state index is 10.9. The van der Waals surface area contributed by atoms with Crippen LogP contribution >= 0.6 is 15.9 Å². The van der Waals surface area contributed by atoms with E-state index in [0.29, 0.717) is 28.1 Å². The molecule has 0 radical (unpaired) electrons.